The van der Waals surface area contributed by atoms with Crippen LogP contribution in [-0.2, 0) is 4.74 Å². The lowest BCUT2D eigenvalue weighted by molar-refractivity contribution is -0.417. The maximum Gasteiger partial charge on any atom is 0.425 e. The van der Waals surface area contributed by atoms with Crippen LogP contribution in [0, 0.1) is 0 Å². The molecule has 1 saturated heterocycles. The molecule has 1 nitrogen and oxygen atoms in total. The number of hydrogen-bond donors (Lipinski definition) is 0. The van der Waals surface area contributed by atoms with Gasteiger partial charge in [-0.15, -0.1) is 0 Å². The van der Waals surface area contributed by atoms with Gasteiger partial charge in [0.2, 0.25) is 0 Å². The minimum absolute atomic E-state index is 1.72. The SMILES string of the molecule is FC(C(F)(F)F)C(F)(F)C1(F)OC(F)(C(F)(F)C(F)C(F)(F)F)C(F)(F)C1(F)F. The molecule has 4 atom stereocenters. The average molecular weight is 480 g/mol. The minimum atomic E-state index is -7.87. The molecule has 0 bridgehead atoms. The van der Waals surface area contributed by atoms with Gasteiger partial charge in [-0.25, -0.2) is 8.78 Å². The summed E-state index contributed by atoms with van der Waals surface area (Å²) in [5.74, 6) is -46.3. The molecular weight excluding hydrogens is 478 g/mol. The summed E-state index contributed by atoms with van der Waals surface area (Å²) in [6, 6.07) is 0. The van der Waals surface area contributed by atoms with Crippen molar-refractivity contribution < 1.29 is 83.8 Å². The summed E-state index contributed by atoms with van der Waals surface area (Å²) < 4.78 is 233. The van der Waals surface area contributed by atoms with Crippen molar-refractivity contribution in [3.8, 4) is 0 Å². The first kappa shape index (κ1) is 25.7. The molecule has 1 heterocycles. The van der Waals surface area contributed by atoms with E-state index in [2.05, 4.69) is 0 Å². The maximum atomic E-state index is 13.8. The Labute approximate surface area is 145 Å². The van der Waals surface area contributed by atoms with E-state index in [0.29, 0.717) is 0 Å². The second-order valence-corrected chi connectivity index (χ2v) is 5.50. The molecule has 0 saturated carbocycles. The summed E-state index contributed by atoms with van der Waals surface area (Å²) in [6.07, 6.45) is -26.6. The monoisotopic (exact) mass is 480 g/mol. The fourth-order valence-electron chi connectivity index (χ4n) is 2.02. The van der Waals surface area contributed by atoms with E-state index in [1.807, 2.05) is 0 Å². The molecule has 0 aromatic heterocycles. The molecule has 0 N–H and O–H groups in total. The van der Waals surface area contributed by atoms with Gasteiger partial charge in [0.15, 0.2) is 0 Å². The topological polar surface area (TPSA) is 9.23 Å². The van der Waals surface area contributed by atoms with Crippen molar-refractivity contribution in [2.24, 2.45) is 0 Å². The van der Waals surface area contributed by atoms with Gasteiger partial charge in [-0.3, -0.25) is 4.74 Å². The molecule has 1 fully saturated rings. The first-order valence-corrected chi connectivity index (χ1v) is 6.27. The molecule has 174 valence electrons. The second-order valence-electron chi connectivity index (χ2n) is 5.50. The average Bonchev–Trinajstić information content (AvgIpc) is 2.60. The third-order valence-electron chi connectivity index (χ3n) is 3.55. The predicted molar refractivity (Wildman–Crippen MR) is 50.5 cm³/mol. The zero-order chi connectivity index (χ0) is 23.9. The Kier molecular flexibility index (Phi) is 5.43. The van der Waals surface area contributed by atoms with Gasteiger partial charge >= 0.3 is 47.8 Å². The van der Waals surface area contributed by atoms with E-state index in [4.69, 9.17) is 0 Å². The Morgan fingerprint density at radius 3 is 0.862 bits per heavy atom. The lowest BCUT2D eigenvalue weighted by atomic mass is 9.91. The number of alkyl halides is 18. The van der Waals surface area contributed by atoms with E-state index in [9.17, 15) is 79.0 Å². The Balaban J connectivity index is 3.77. The number of ether oxygens (including phenoxy) is 1. The molecule has 4 unspecified atom stereocenters. The normalized spacial score (nSPS) is 32.9. The fraction of sp³-hybridized carbons (Fsp3) is 1.00. The smallest absolute Gasteiger partial charge is 0.288 e. The fourth-order valence-corrected chi connectivity index (χ4v) is 2.02. The summed E-state index contributed by atoms with van der Waals surface area (Å²) in [6.45, 7) is 0. The Morgan fingerprint density at radius 2 is 0.690 bits per heavy atom. The molecule has 0 aromatic carbocycles. The van der Waals surface area contributed by atoms with Crippen molar-refractivity contribution in [1.29, 1.82) is 0 Å². The van der Waals surface area contributed by atoms with Crippen LogP contribution in [0.3, 0.4) is 0 Å². The Morgan fingerprint density at radius 1 is 0.483 bits per heavy atom. The number of hydrogen-bond acceptors (Lipinski definition) is 1. The van der Waals surface area contributed by atoms with E-state index < -0.39 is 60.1 Å². The van der Waals surface area contributed by atoms with Crippen molar-refractivity contribution in [3.05, 3.63) is 0 Å². The van der Waals surface area contributed by atoms with Crippen LogP contribution in [0.1, 0.15) is 0 Å². The standard InChI is InChI=1S/C10H2F18O/c11-1(5(17,18)19)3(13,14)9(27)7(23,24)8(25,26)10(28,29-9)4(15,16)2(12)6(20,21)22/h1-2H. The van der Waals surface area contributed by atoms with E-state index in [0.717, 1.165) is 0 Å². The molecule has 0 amide bonds. The van der Waals surface area contributed by atoms with E-state index in [1.54, 1.807) is 4.74 Å². The third-order valence-corrected chi connectivity index (χ3v) is 3.55. The summed E-state index contributed by atoms with van der Waals surface area (Å²) in [5.41, 5.74) is 0. The highest BCUT2D eigenvalue weighted by Gasteiger charge is 3.00. The van der Waals surface area contributed by atoms with Gasteiger partial charge in [0, 0.05) is 0 Å². The predicted octanol–water partition coefficient (Wildman–Crippen LogP) is 5.69. The molecule has 0 radical (unpaired) electrons. The third kappa shape index (κ3) is 3.00. The molecule has 0 aromatic rings. The summed E-state index contributed by atoms with van der Waals surface area (Å²) >= 11 is 0. The lowest BCUT2D eigenvalue weighted by Gasteiger charge is -2.35. The first-order valence-electron chi connectivity index (χ1n) is 6.27. The van der Waals surface area contributed by atoms with E-state index in [-0.39, 0.29) is 0 Å². The molecule has 1 rings (SSSR count). The van der Waals surface area contributed by atoms with Gasteiger partial charge in [-0.2, -0.15) is 70.2 Å². The zero-order valence-corrected chi connectivity index (χ0v) is 12.4. The van der Waals surface area contributed by atoms with Crippen molar-refractivity contribution in [1.82, 2.24) is 0 Å². The van der Waals surface area contributed by atoms with Crippen LogP contribution in [0.4, 0.5) is 79.0 Å². The molecular formula is C10H2F18O. The van der Waals surface area contributed by atoms with E-state index in [1.165, 1.54) is 0 Å². The molecule has 1 aliphatic heterocycles. The quantitative estimate of drug-likeness (QED) is 0.470. The van der Waals surface area contributed by atoms with Crippen LogP contribution >= 0.6 is 0 Å². The summed E-state index contributed by atoms with van der Waals surface area (Å²) in [4.78, 5) is 0. The second kappa shape index (κ2) is 6.12. The molecule has 0 spiro atoms. The van der Waals surface area contributed by atoms with Crippen LogP contribution in [0.2, 0.25) is 0 Å². The number of halogens is 18. The Bertz CT molecular complexity index is 580. The summed E-state index contributed by atoms with van der Waals surface area (Å²) in [5, 5.41) is 0. The lowest BCUT2D eigenvalue weighted by Crippen LogP contribution is -2.66. The molecule has 1 aliphatic rings. The van der Waals surface area contributed by atoms with Crippen LogP contribution < -0.4 is 0 Å². The van der Waals surface area contributed by atoms with E-state index >= 15 is 0 Å². The van der Waals surface area contributed by atoms with Crippen LogP contribution in [-0.4, -0.2) is 60.1 Å². The van der Waals surface area contributed by atoms with Crippen LogP contribution in [0.5, 0.6) is 0 Å². The van der Waals surface area contributed by atoms with Crippen molar-refractivity contribution in [2.45, 2.75) is 60.1 Å². The van der Waals surface area contributed by atoms with Gasteiger partial charge in [0.25, 0.3) is 12.3 Å². The van der Waals surface area contributed by atoms with Gasteiger partial charge in [-0.1, -0.05) is 0 Å². The molecule has 19 heteroatoms. The van der Waals surface area contributed by atoms with Gasteiger partial charge in [0.1, 0.15) is 0 Å². The van der Waals surface area contributed by atoms with Crippen molar-refractivity contribution in [3.63, 3.8) is 0 Å². The zero-order valence-electron chi connectivity index (χ0n) is 12.4. The van der Waals surface area contributed by atoms with Crippen LogP contribution in [0.15, 0.2) is 0 Å². The van der Waals surface area contributed by atoms with Gasteiger partial charge in [0.05, 0.1) is 0 Å². The Hall–Kier alpha value is -1.30. The summed E-state index contributed by atoms with van der Waals surface area (Å²) in [7, 11) is 0. The largest absolute Gasteiger partial charge is 0.425 e. The van der Waals surface area contributed by atoms with Crippen molar-refractivity contribution >= 4 is 0 Å². The molecule has 0 aliphatic carbocycles. The highest BCUT2D eigenvalue weighted by atomic mass is 19.4. The highest BCUT2D eigenvalue weighted by Crippen LogP contribution is 2.69. The minimum Gasteiger partial charge on any atom is -0.288 e. The number of rotatable bonds is 4. The van der Waals surface area contributed by atoms with Crippen LogP contribution in [0.25, 0.3) is 0 Å². The maximum absolute atomic E-state index is 13.8. The van der Waals surface area contributed by atoms with Crippen molar-refractivity contribution in [2.75, 3.05) is 0 Å². The van der Waals surface area contributed by atoms with Gasteiger partial charge < -0.3 is 0 Å². The first-order chi connectivity index (χ1) is 12.3. The molecule has 29 heavy (non-hydrogen) atoms. The van der Waals surface area contributed by atoms with Gasteiger partial charge in [-0.05, 0) is 0 Å². The highest BCUT2D eigenvalue weighted by molar-refractivity contribution is 5.22.